The molecule has 5 nitrogen and oxygen atoms in total. The number of aromatic nitrogens is 1. The summed E-state index contributed by atoms with van der Waals surface area (Å²) in [6.45, 7) is 0.389. The maximum atomic E-state index is 13.3. The van der Waals surface area contributed by atoms with Crippen LogP contribution in [0.5, 0.6) is 0 Å². The van der Waals surface area contributed by atoms with Gasteiger partial charge in [0.1, 0.15) is 0 Å². The summed E-state index contributed by atoms with van der Waals surface area (Å²) < 4.78 is 0. The maximum absolute atomic E-state index is 13.3. The van der Waals surface area contributed by atoms with Gasteiger partial charge in [-0.05, 0) is 60.4 Å². The second-order valence-electron chi connectivity index (χ2n) is 7.87. The molecule has 3 aromatic rings. The summed E-state index contributed by atoms with van der Waals surface area (Å²) in [7, 11) is 0. The van der Waals surface area contributed by atoms with E-state index in [2.05, 4.69) is 15.6 Å². The van der Waals surface area contributed by atoms with Crippen LogP contribution < -0.4 is 10.6 Å². The molecule has 31 heavy (non-hydrogen) atoms. The van der Waals surface area contributed by atoms with Gasteiger partial charge in [0.25, 0.3) is 5.91 Å². The molecule has 0 bridgehead atoms. The van der Waals surface area contributed by atoms with Crippen molar-refractivity contribution in [2.45, 2.75) is 37.6 Å². The molecule has 1 heterocycles. The lowest BCUT2D eigenvalue weighted by atomic mass is 9.78. The molecule has 4 rings (SSSR count). The Bertz CT molecular complexity index is 1080. The smallest absolute Gasteiger partial charge is 0.255 e. The van der Waals surface area contributed by atoms with Crippen molar-refractivity contribution in [3.63, 3.8) is 0 Å². The second kappa shape index (κ2) is 9.31. The molecular weight excluding hydrogens is 410 g/mol. The standard InChI is InChI=1S/C25H24ClN3O2/c26-21-7-4-6-20(16-21)25(11-1-2-12-25)24(31)28-17-18-5-3-8-22(15-18)29-23(30)19-9-13-27-14-10-19/h3-10,13-16H,1-2,11-12,17H2,(H,28,31)(H,29,30). The van der Waals surface area contributed by atoms with Crippen molar-refractivity contribution in [3.8, 4) is 0 Å². The van der Waals surface area contributed by atoms with Crippen LogP contribution in [-0.4, -0.2) is 16.8 Å². The van der Waals surface area contributed by atoms with Gasteiger partial charge in [0.05, 0.1) is 5.41 Å². The Balaban J connectivity index is 1.44. The number of halogens is 1. The lowest BCUT2D eigenvalue weighted by Crippen LogP contribution is -2.42. The second-order valence-corrected chi connectivity index (χ2v) is 8.31. The number of pyridine rings is 1. The molecule has 2 aromatic carbocycles. The molecule has 158 valence electrons. The van der Waals surface area contributed by atoms with E-state index in [1.54, 1.807) is 24.5 Å². The van der Waals surface area contributed by atoms with Gasteiger partial charge < -0.3 is 10.6 Å². The summed E-state index contributed by atoms with van der Waals surface area (Å²) in [5, 5.41) is 6.64. The Labute approximate surface area is 186 Å². The average molecular weight is 434 g/mol. The Morgan fingerprint density at radius 2 is 1.71 bits per heavy atom. The summed E-state index contributed by atoms with van der Waals surface area (Å²) in [6, 6.07) is 18.5. The molecule has 2 amide bonds. The van der Waals surface area contributed by atoms with Gasteiger partial charge in [-0.25, -0.2) is 0 Å². The van der Waals surface area contributed by atoms with Crippen molar-refractivity contribution in [2.24, 2.45) is 0 Å². The van der Waals surface area contributed by atoms with Crippen LogP contribution in [0.3, 0.4) is 0 Å². The molecule has 1 saturated carbocycles. The first-order valence-corrected chi connectivity index (χ1v) is 10.8. The van der Waals surface area contributed by atoms with Crippen LogP contribution in [0.15, 0.2) is 73.1 Å². The molecule has 0 unspecified atom stereocenters. The Morgan fingerprint density at radius 1 is 0.968 bits per heavy atom. The van der Waals surface area contributed by atoms with Crippen LogP contribution in [0, 0.1) is 0 Å². The fourth-order valence-electron chi connectivity index (χ4n) is 4.23. The highest BCUT2D eigenvalue weighted by atomic mass is 35.5. The van der Waals surface area contributed by atoms with E-state index < -0.39 is 5.41 Å². The lowest BCUT2D eigenvalue weighted by Gasteiger charge is -2.28. The monoisotopic (exact) mass is 433 g/mol. The van der Waals surface area contributed by atoms with E-state index in [1.807, 2.05) is 48.5 Å². The predicted octanol–water partition coefficient (Wildman–Crippen LogP) is 5.12. The van der Waals surface area contributed by atoms with Gasteiger partial charge in [0.15, 0.2) is 0 Å². The van der Waals surface area contributed by atoms with Gasteiger partial charge in [-0.1, -0.05) is 48.7 Å². The third-order valence-corrected chi connectivity index (χ3v) is 6.08. The first-order valence-electron chi connectivity index (χ1n) is 10.4. The molecule has 1 aliphatic carbocycles. The molecular formula is C25H24ClN3O2. The van der Waals surface area contributed by atoms with Crippen LogP contribution in [0.25, 0.3) is 0 Å². The number of nitrogens with one attached hydrogen (secondary N) is 2. The van der Waals surface area contributed by atoms with E-state index >= 15 is 0 Å². The quantitative estimate of drug-likeness (QED) is 0.567. The van der Waals surface area contributed by atoms with E-state index in [0.29, 0.717) is 22.8 Å². The highest BCUT2D eigenvalue weighted by Gasteiger charge is 2.42. The summed E-state index contributed by atoms with van der Waals surface area (Å²) in [5.41, 5.74) is 2.59. The van der Waals surface area contributed by atoms with E-state index in [0.717, 1.165) is 36.8 Å². The number of carbonyl (C=O) groups is 2. The number of hydrogen-bond acceptors (Lipinski definition) is 3. The summed E-state index contributed by atoms with van der Waals surface area (Å²) in [4.78, 5) is 29.6. The van der Waals surface area contributed by atoms with Crippen LogP contribution in [0.1, 0.15) is 47.2 Å². The number of amides is 2. The van der Waals surface area contributed by atoms with Gasteiger partial charge in [0.2, 0.25) is 5.91 Å². The highest BCUT2D eigenvalue weighted by Crippen LogP contribution is 2.42. The van der Waals surface area contributed by atoms with Crippen LogP contribution in [0.2, 0.25) is 5.02 Å². The van der Waals surface area contributed by atoms with Gasteiger partial charge in [-0.3, -0.25) is 14.6 Å². The number of carbonyl (C=O) groups excluding carboxylic acids is 2. The maximum Gasteiger partial charge on any atom is 0.255 e. The van der Waals surface area contributed by atoms with Crippen molar-refractivity contribution in [3.05, 3.63) is 94.8 Å². The minimum atomic E-state index is -0.530. The molecule has 1 fully saturated rings. The molecule has 0 spiro atoms. The van der Waals surface area contributed by atoms with Crippen LogP contribution >= 0.6 is 11.6 Å². The highest BCUT2D eigenvalue weighted by molar-refractivity contribution is 6.30. The van der Waals surface area contributed by atoms with Gasteiger partial charge in [-0.2, -0.15) is 0 Å². The third-order valence-electron chi connectivity index (χ3n) is 5.85. The van der Waals surface area contributed by atoms with Crippen molar-refractivity contribution in [2.75, 3.05) is 5.32 Å². The Hall–Kier alpha value is -3.18. The van der Waals surface area contributed by atoms with Crippen LogP contribution in [-0.2, 0) is 16.8 Å². The molecule has 0 aliphatic heterocycles. The Morgan fingerprint density at radius 3 is 2.45 bits per heavy atom. The first kappa shape index (κ1) is 21.1. The molecule has 0 saturated heterocycles. The number of nitrogens with zero attached hydrogens (tertiary/aromatic N) is 1. The molecule has 1 aliphatic rings. The topological polar surface area (TPSA) is 71.1 Å². The zero-order chi connectivity index (χ0) is 21.7. The largest absolute Gasteiger partial charge is 0.351 e. The average Bonchev–Trinajstić information content (AvgIpc) is 3.30. The fraction of sp³-hybridized carbons (Fsp3) is 0.240. The molecule has 2 N–H and O–H groups in total. The van der Waals surface area contributed by atoms with Crippen LogP contribution in [0.4, 0.5) is 5.69 Å². The predicted molar refractivity (Wildman–Crippen MR) is 122 cm³/mol. The van der Waals surface area contributed by atoms with Crippen molar-refractivity contribution in [1.82, 2.24) is 10.3 Å². The SMILES string of the molecule is O=C(Nc1cccc(CNC(=O)C2(c3cccc(Cl)c3)CCCC2)c1)c1ccncc1. The minimum Gasteiger partial charge on any atom is -0.351 e. The van der Waals surface area contributed by atoms with Gasteiger partial charge >= 0.3 is 0 Å². The van der Waals surface area contributed by atoms with E-state index in [1.165, 1.54) is 0 Å². The molecule has 0 atom stereocenters. The molecule has 1 aromatic heterocycles. The third kappa shape index (κ3) is 4.78. The minimum absolute atomic E-state index is 0.0264. The number of anilines is 1. The van der Waals surface area contributed by atoms with E-state index in [4.69, 9.17) is 11.6 Å². The zero-order valence-electron chi connectivity index (χ0n) is 17.1. The van der Waals surface area contributed by atoms with E-state index in [9.17, 15) is 9.59 Å². The number of rotatable bonds is 6. The van der Waals surface area contributed by atoms with E-state index in [-0.39, 0.29) is 11.8 Å². The van der Waals surface area contributed by atoms with Gasteiger partial charge in [-0.15, -0.1) is 0 Å². The molecule has 6 heteroatoms. The summed E-state index contributed by atoms with van der Waals surface area (Å²) >= 11 is 6.20. The summed E-state index contributed by atoms with van der Waals surface area (Å²) in [5.74, 6) is -0.173. The number of hydrogen-bond donors (Lipinski definition) is 2. The normalized spacial score (nSPS) is 14.7. The van der Waals surface area contributed by atoms with Gasteiger partial charge in [0, 0.05) is 35.2 Å². The van der Waals surface area contributed by atoms with Crippen molar-refractivity contribution in [1.29, 1.82) is 0 Å². The lowest BCUT2D eigenvalue weighted by molar-refractivity contribution is -0.126. The fourth-order valence-corrected chi connectivity index (χ4v) is 4.42. The zero-order valence-corrected chi connectivity index (χ0v) is 17.9. The van der Waals surface area contributed by atoms with Crippen molar-refractivity contribution < 1.29 is 9.59 Å². The Kier molecular flexibility index (Phi) is 6.33. The first-order chi connectivity index (χ1) is 15.1. The van der Waals surface area contributed by atoms with Crippen molar-refractivity contribution >= 4 is 29.1 Å². The number of benzene rings is 2. The summed E-state index contributed by atoms with van der Waals surface area (Å²) in [6.07, 6.45) is 6.86. The molecule has 0 radical (unpaired) electrons.